The van der Waals surface area contributed by atoms with Gasteiger partial charge in [-0.2, -0.15) is 0 Å². The molecule has 0 aromatic heterocycles. The Bertz CT molecular complexity index is 939. The number of allylic oxidation sites excluding steroid dienone is 5. The molecule has 0 aliphatic heterocycles. The molecule has 0 spiro atoms. The molecule has 284 valence electrons. The van der Waals surface area contributed by atoms with Gasteiger partial charge in [-0.25, -0.2) is 0 Å². The van der Waals surface area contributed by atoms with Crippen molar-refractivity contribution in [1.29, 1.82) is 0 Å². The highest BCUT2D eigenvalue weighted by Gasteiger charge is 2.31. The quantitative estimate of drug-likeness (QED) is 0.0611. The van der Waals surface area contributed by atoms with Crippen LogP contribution in [0, 0.1) is 11.8 Å². The standard InChI is InChI=1S/C20H34O2.C14H30OSi.C8H14O2Si/c1-2-3-4-5-6-9-13-18-15-12-16-19(18)14-10-7-8-11-17-20(21)22;1-6-11-13-14(12-7-2)15-16(8-3,9-4)10-5;1-11(2,3)10-8-5-4-7(9)6-8/h7,9-10,13,18-19H,2-6,8,11-12,14-17H2,1H3,(H,21,22);7,14H,2,6,8-13H2,1,3-5H3;4-5,8H,6H2,1-3H3/b10-7-,13-9+;;/t18-,19-;;8-/m0.0/s1. The Morgan fingerprint density at radius 2 is 1.61 bits per heavy atom. The van der Waals surface area contributed by atoms with E-state index in [-0.39, 0.29) is 18.3 Å². The van der Waals surface area contributed by atoms with Crippen molar-refractivity contribution < 1.29 is 23.5 Å². The molecule has 0 aromatic carbocycles. The molecule has 0 saturated heterocycles. The topological polar surface area (TPSA) is 72.8 Å². The lowest BCUT2D eigenvalue weighted by Gasteiger charge is -2.33. The van der Waals surface area contributed by atoms with Crippen molar-refractivity contribution in [2.75, 3.05) is 0 Å². The van der Waals surface area contributed by atoms with Crippen LogP contribution in [-0.4, -0.2) is 45.7 Å². The van der Waals surface area contributed by atoms with Crippen LogP contribution < -0.4 is 0 Å². The van der Waals surface area contributed by atoms with Gasteiger partial charge in [0.05, 0.1) is 6.10 Å². The van der Waals surface area contributed by atoms with E-state index in [4.69, 9.17) is 14.0 Å². The SMILES string of the molecule is C=CCC(CCCC)O[Si](CC)(CC)CC.CCCCCC/C=C/[C@H]1CCC[C@@H]1C/C=C\CCCC(=O)O.C[Si](C)(C)O[C@H]1C=CC(=O)C1. The molecule has 7 heteroatoms. The molecule has 0 bridgehead atoms. The number of ketones is 1. The largest absolute Gasteiger partial charge is 0.481 e. The third-order valence-electron chi connectivity index (χ3n) is 9.76. The van der Waals surface area contributed by atoms with Crippen LogP contribution in [-0.2, 0) is 18.4 Å². The molecule has 1 saturated carbocycles. The molecule has 2 rings (SSSR count). The Balaban J connectivity index is 0.000000748. The lowest BCUT2D eigenvalue weighted by Crippen LogP contribution is -2.39. The van der Waals surface area contributed by atoms with Gasteiger partial charge < -0.3 is 14.0 Å². The summed E-state index contributed by atoms with van der Waals surface area (Å²) in [6.45, 7) is 21.6. The van der Waals surface area contributed by atoms with Gasteiger partial charge >= 0.3 is 5.97 Å². The molecule has 2 aliphatic rings. The fourth-order valence-corrected chi connectivity index (χ4v) is 10.6. The van der Waals surface area contributed by atoms with Gasteiger partial charge in [-0.1, -0.05) is 110 Å². The van der Waals surface area contributed by atoms with Gasteiger partial charge in [0, 0.05) is 18.9 Å². The van der Waals surface area contributed by atoms with E-state index < -0.39 is 22.6 Å². The summed E-state index contributed by atoms with van der Waals surface area (Å²) >= 11 is 0. The van der Waals surface area contributed by atoms with E-state index in [0.29, 0.717) is 12.5 Å². The highest BCUT2D eigenvalue weighted by atomic mass is 28.4. The van der Waals surface area contributed by atoms with Crippen LogP contribution in [0.5, 0.6) is 0 Å². The average molecular weight is 719 g/mol. The fraction of sp³-hybridized carbons (Fsp3) is 0.762. The maximum Gasteiger partial charge on any atom is 0.303 e. The van der Waals surface area contributed by atoms with E-state index in [1.165, 1.54) is 88.8 Å². The van der Waals surface area contributed by atoms with Crippen molar-refractivity contribution in [3.05, 3.63) is 49.1 Å². The molecule has 1 N–H and O–H groups in total. The van der Waals surface area contributed by atoms with Gasteiger partial charge in [-0.3, -0.25) is 9.59 Å². The van der Waals surface area contributed by atoms with Crippen molar-refractivity contribution >= 4 is 28.4 Å². The average Bonchev–Trinajstić information content (AvgIpc) is 3.69. The third kappa shape index (κ3) is 25.1. The van der Waals surface area contributed by atoms with Crippen LogP contribution in [0.2, 0.25) is 37.8 Å². The van der Waals surface area contributed by atoms with Crippen LogP contribution in [0.3, 0.4) is 0 Å². The maximum atomic E-state index is 10.8. The smallest absolute Gasteiger partial charge is 0.303 e. The molecule has 0 aromatic rings. The maximum absolute atomic E-state index is 10.8. The monoisotopic (exact) mass is 719 g/mol. The van der Waals surface area contributed by atoms with Crippen LogP contribution >= 0.6 is 0 Å². The lowest BCUT2D eigenvalue weighted by atomic mass is 9.92. The first-order chi connectivity index (χ1) is 23.4. The Morgan fingerprint density at radius 1 is 0.939 bits per heavy atom. The molecule has 0 heterocycles. The van der Waals surface area contributed by atoms with Gasteiger partial charge in [-0.05, 0) is 113 Å². The number of unbranched alkanes of at least 4 members (excludes halogenated alkanes) is 6. The predicted molar refractivity (Wildman–Crippen MR) is 217 cm³/mol. The zero-order valence-corrected chi connectivity index (χ0v) is 35.3. The summed E-state index contributed by atoms with van der Waals surface area (Å²) in [6.07, 6.45) is 34.5. The number of carbonyl (C=O) groups excluding carboxylic acids is 1. The van der Waals surface area contributed by atoms with Gasteiger partial charge in [0.2, 0.25) is 0 Å². The zero-order chi connectivity index (χ0) is 37.0. The van der Waals surface area contributed by atoms with E-state index in [0.717, 1.165) is 37.5 Å². The van der Waals surface area contributed by atoms with Crippen molar-refractivity contribution in [1.82, 2.24) is 0 Å². The van der Waals surface area contributed by atoms with Crippen LogP contribution in [0.1, 0.15) is 144 Å². The normalized spacial score (nSPS) is 19.9. The molecule has 5 nitrogen and oxygen atoms in total. The minimum Gasteiger partial charge on any atom is -0.481 e. The minimum absolute atomic E-state index is 0.0640. The number of carboxylic acid groups (broad SMARTS) is 1. The third-order valence-corrected chi connectivity index (χ3v) is 15.5. The predicted octanol–water partition coefficient (Wildman–Crippen LogP) is 13.0. The highest BCUT2D eigenvalue weighted by molar-refractivity contribution is 6.73. The second-order valence-corrected chi connectivity index (χ2v) is 24.3. The Kier molecular flexibility index (Phi) is 28.2. The molecule has 49 heavy (non-hydrogen) atoms. The summed E-state index contributed by atoms with van der Waals surface area (Å²) in [6, 6.07) is 3.75. The van der Waals surface area contributed by atoms with E-state index in [1.807, 2.05) is 12.2 Å². The van der Waals surface area contributed by atoms with E-state index in [1.54, 1.807) is 6.08 Å². The fourth-order valence-electron chi connectivity index (χ4n) is 6.61. The lowest BCUT2D eigenvalue weighted by molar-refractivity contribution is -0.137. The number of hydrogen-bond acceptors (Lipinski definition) is 4. The second kappa shape index (κ2) is 29.1. The molecule has 1 fully saturated rings. The number of aliphatic carboxylic acids is 1. The minimum atomic E-state index is -1.46. The molecule has 2 aliphatic carbocycles. The van der Waals surface area contributed by atoms with E-state index in [2.05, 4.69) is 85.1 Å². The Morgan fingerprint density at radius 3 is 2.16 bits per heavy atom. The first kappa shape index (κ1) is 47.5. The van der Waals surface area contributed by atoms with Gasteiger partial charge in [-0.15, -0.1) is 6.58 Å². The molecule has 4 atom stereocenters. The molecule has 0 amide bonds. The summed E-state index contributed by atoms with van der Waals surface area (Å²) in [7, 11) is -2.87. The molecular weight excluding hydrogens is 641 g/mol. The number of carbonyl (C=O) groups is 2. The second-order valence-electron chi connectivity index (χ2n) is 15.1. The van der Waals surface area contributed by atoms with Gasteiger partial charge in [0.15, 0.2) is 22.4 Å². The number of rotatable bonds is 24. The van der Waals surface area contributed by atoms with Crippen molar-refractivity contribution in [3.63, 3.8) is 0 Å². The van der Waals surface area contributed by atoms with Crippen LogP contribution in [0.15, 0.2) is 49.1 Å². The summed E-state index contributed by atoms with van der Waals surface area (Å²) in [5.74, 6) is 1.08. The first-order valence-electron chi connectivity index (χ1n) is 20.1. The van der Waals surface area contributed by atoms with Gasteiger partial charge in [0.25, 0.3) is 0 Å². The molecule has 1 unspecified atom stereocenters. The van der Waals surface area contributed by atoms with Crippen molar-refractivity contribution in [2.45, 2.75) is 194 Å². The summed E-state index contributed by atoms with van der Waals surface area (Å²) in [5, 5.41) is 8.60. The Hall–Kier alpha value is -1.55. The van der Waals surface area contributed by atoms with Crippen LogP contribution in [0.4, 0.5) is 0 Å². The zero-order valence-electron chi connectivity index (χ0n) is 33.3. The molecule has 0 radical (unpaired) electrons. The van der Waals surface area contributed by atoms with Crippen molar-refractivity contribution in [2.24, 2.45) is 11.8 Å². The summed E-state index contributed by atoms with van der Waals surface area (Å²) in [4.78, 5) is 21.2. The van der Waals surface area contributed by atoms with Crippen LogP contribution in [0.25, 0.3) is 0 Å². The number of hydrogen-bond donors (Lipinski definition) is 1. The first-order valence-corrected chi connectivity index (χ1v) is 26.0. The van der Waals surface area contributed by atoms with E-state index in [9.17, 15) is 9.59 Å². The van der Waals surface area contributed by atoms with E-state index >= 15 is 0 Å². The summed E-state index contributed by atoms with van der Waals surface area (Å²) < 4.78 is 12.2. The Labute approximate surface area is 305 Å². The molecular formula is C42H78O5Si2. The van der Waals surface area contributed by atoms with Gasteiger partial charge in [0.1, 0.15) is 0 Å². The highest BCUT2D eigenvalue weighted by Crippen LogP contribution is 2.35. The van der Waals surface area contributed by atoms with Crippen molar-refractivity contribution in [3.8, 4) is 0 Å². The number of carboxylic acids is 1. The summed E-state index contributed by atoms with van der Waals surface area (Å²) in [5.41, 5.74) is 0.